The zero-order valence-electron chi connectivity index (χ0n) is 9.56. The summed E-state index contributed by atoms with van der Waals surface area (Å²) in [5, 5.41) is 3.33. The van der Waals surface area contributed by atoms with Crippen molar-refractivity contribution in [1.29, 1.82) is 0 Å². The molecule has 3 nitrogen and oxygen atoms in total. The van der Waals surface area contributed by atoms with Crippen molar-refractivity contribution in [3.05, 3.63) is 30.3 Å². The first-order valence-electron chi connectivity index (χ1n) is 5.66. The first kappa shape index (κ1) is 11.8. The summed E-state index contributed by atoms with van der Waals surface area (Å²) < 4.78 is 14.1. The molecule has 1 fully saturated rings. The van der Waals surface area contributed by atoms with E-state index in [2.05, 4.69) is 5.32 Å². The Kier molecular flexibility index (Phi) is 4.09. The van der Waals surface area contributed by atoms with Crippen molar-refractivity contribution < 1.29 is 4.21 Å². The van der Waals surface area contributed by atoms with Crippen LogP contribution in [-0.4, -0.2) is 35.2 Å². The molecule has 0 aliphatic carbocycles. The quantitative estimate of drug-likeness (QED) is 0.856. The molecule has 0 aromatic heterocycles. The molecule has 88 valence electrons. The van der Waals surface area contributed by atoms with Gasteiger partial charge in [0.05, 0.1) is 4.90 Å². The van der Waals surface area contributed by atoms with Crippen LogP contribution < -0.4 is 5.32 Å². The van der Waals surface area contributed by atoms with Crippen LogP contribution >= 0.6 is 0 Å². The van der Waals surface area contributed by atoms with E-state index in [0.29, 0.717) is 5.92 Å². The highest BCUT2D eigenvalue weighted by Crippen LogP contribution is 2.14. The summed E-state index contributed by atoms with van der Waals surface area (Å²) in [5.74, 6) is 0.637. The maximum Gasteiger partial charge on any atom is 0.127 e. The molecule has 0 amide bonds. The maximum atomic E-state index is 12.1. The van der Waals surface area contributed by atoms with E-state index >= 15 is 0 Å². The van der Waals surface area contributed by atoms with Crippen molar-refractivity contribution in [3.8, 4) is 0 Å². The summed E-state index contributed by atoms with van der Waals surface area (Å²) in [6, 6.07) is 9.64. The van der Waals surface area contributed by atoms with Crippen LogP contribution in [0, 0.1) is 5.92 Å². The molecule has 1 heterocycles. The van der Waals surface area contributed by atoms with Gasteiger partial charge in [-0.15, -0.1) is 0 Å². The molecule has 1 aromatic rings. The average Bonchev–Trinajstić information content (AvgIpc) is 2.82. The third-order valence-electron chi connectivity index (χ3n) is 2.91. The molecule has 2 atom stereocenters. The Labute approximate surface area is 99.4 Å². The van der Waals surface area contributed by atoms with Gasteiger partial charge in [-0.05, 0) is 37.6 Å². The Bertz CT molecular complexity index is 349. The lowest BCUT2D eigenvalue weighted by Crippen LogP contribution is -2.28. The van der Waals surface area contributed by atoms with Crippen LogP contribution in [0.25, 0.3) is 0 Å². The summed E-state index contributed by atoms with van der Waals surface area (Å²) >= 11 is 0. The molecule has 2 unspecified atom stereocenters. The van der Waals surface area contributed by atoms with Crippen molar-refractivity contribution in [1.82, 2.24) is 9.62 Å². The van der Waals surface area contributed by atoms with E-state index in [1.165, 1.54) is 6.42 Å². The second-order valence-electron chi connectivity index (χ2n) is 4.23. The van der Waals surface area contributed by atoms with Crippen LogP contribution in [0.15, 0.2) is 35.2 Å². The highest BCUT2D eigenvalue weighted by Gasteiger charge is 2.19. The Morgan fingerprint density at radius 1 is 1.44 bits per heavy atom. The van der Waals surface area contributed by atoms with Gasteiger partial charge in [0.15, 0.2) is 0 Å². The van der Waals surface area contributed by atoms with Crippen molar-refractivity contribution in [2.75, 3.05) is 26.7 Å². The maximum absolute atomic E-state index is 12.1. The molecule has 4 heteroatoms. The molecule has 0 bridgehead atoms. The molecule has 1 saturated heterocycles. The van der Waals surface area contributed by atoms with E-state index < -0.39 is 11.0 Å². The first-order chi connectivity index (χ1) is 7.77. The van der Waals surface area contributed by atoms with Crippen molar-refractivity contribution in [2.45, 2.75) is 11.3 Å². The zero-order valence-corrected chi connectivity index (χ0v) is 10.4. The van der Waals surface area contributed by atoms with Gasteiger partial charge >= 0.3 is 0 Å². The molecule has 1 N–H and O–H groups in total. The predicted octanol–water partition coefficient (Wildman–Crippen LogP) is 1.25. The van der Waals surface area contributed by atoms with Gasteiger partial charge in [0.1, 0.15) is 11.0 Å². The van der Waals surface area contributed by atoms with Crippen LogP contribution in [0.4, 0.5) is 0 Å². The summed E-state index contributed by atoms with van der Waals surface area (Å²) in [4.78, 5) is 0.885. The Morgan fingerprint density at radius 2 is 2.19 bits per heavy atom. The third kappa shape index (κ3) is 2.90. The van der Waals surface area contributed by atoms with Crippen molar-refractivity contribution in [2.24, 2.45) is 5.92 Å². The van der Waals surface area contributed by atoms with Gasteiger partial charge in [-0.2, -0.15) is 0 Å². The van der Waals surface area contributed by atoms with Crippen LogP contribution in [0.3, 0.4) is 0 Å². The highest BCUT2D eigenvalue weighted by atomic mass is 32.2. The SMILES string of the molecule is CN(CC1CCNC1)S(=O)c1ccccc1. The van der Waals surface area contributed by atoms with E-state index in [0.717, 1.165) is 24.5 Å². The summed E-state index contributed by atoms with van der Waals surface area (Å²) in [7, 11) is 0.913. The van der Waals surface area contributed by atoms with E-state index in [9.17, 15) is 4.21 Å². The molecule has 16 heavy (non-hydrogen) atoms. The minimum absolute atomic E-state index is 0.637. The van der Waals surface area contributed by atoms with Gasteiger partial charge in [0.25, 0.3) is 0 Å². The number of rotatable bonds is 4. The number of benzene rings is 1. The fourth-order valence-corrected chi connectivity index (χ4v) is 3.11. The topological polar surface area (TPSA) is 32.3 Å². The molecular weight excluding hydrogens is 220 g/mol. The van der Waals surface area contributed by atoms with Crippen molar-refractivity contribution >= 4 is 11.0 Å². The van der Waals surface area contributed by atoms with E-state index in [1.807, 2.05) is 41.7 Å². The molecule has 1 aromatic carbocycles. The second-order valence-corrected chi connectivity index (χ2v) is 5.82. The molecule has 0 saturated carbocycles. The fraction of sp³-hybridized carbons (Fsp3) is 0.500. The lowest BCUT2D eigenvalue weighted by Gasteiger charge is -2.19. The normalized spacial score (nSPS) is 22.5. The van der Waals surface area contributed by atoms with Gasteiger partial charge in [-0.1, -0.05) is 18.2 Å². The Morgan fingerprint density at radius 3 is 2.81 bits per heavy atom. The van der Waals surface area contributed by atoms with E-state index in [-0.39, 0.29) is 0 Å². The summed E-state index contributed by atoms with van der Waals surface area (Å²) in [5.41, 5.74) is 0. The smallest absolute Gasteiger partial charge is 0.127 e. The minimum Gasteiger partial charge on any atom is -0.316 e. The largest absolute Gasteiger partial charge is 0.316 e. The zero-order chi connectivity index (χ0) is 11.4. The summed E-state index contributed by atoms with van der Waals surface area (Å²) in [6.07, 6.45) is 1.19. The molecule has 2 rings (SSSR count). The van der Waals surface area contributed by atoms with Gasteiger partial charge in [0, 0.05) is 13.6 Å². The highest BCUT2D eigenvalue weighted by molar-refractivity contribution is 7.82. The Balaban J connectivity index is 1.94. The standard InChI is InChI=1S/C12H18N2OS/c1-14(10-11-7-8-13-9-11)16(15)12-5-3-2-4-6-12/h2-6,11,13H,7-10H2,1H3. The number of hydrogen-bond donors (Lipinski definition) is 1. The van der Waals surface area contributed by atoms with Crippen LogP contribution in [0.1, 0.15) is 6.42 Å². The molecular formula is C12H18N2OS. The van der Waals surface area contributed by atoms with Gasteiger partial charge < -0.3 is 5.32 Å². The van der Waals surface area contributed by atoms with Gasteiger partial charge in [0.2, 0.25) is 0 Å². The van der Waals surface area contributed by atoms with Gasteiger partial charge in [-0.3, -0.25) is 0 Å². The lowest BCUT2D eigenvalue weighted by atomic mass is 10.1. The van der Waals surface area contributed by atoms with E-state index in [4.69, 9.17) is 0 Å². The van der Waals surface area contributed by atoms with E-state index in [1.54, 1.807) is 0 Å². The Hall–Kier alpha value is -0.710. The second kappa shape index (κ2) is 5.57. The van der Waals surface area contributed by atoms with Crippen molar-refractivity contribution in [3.63, 3.8) is 0 Å². The number of nitrogens with zero attached hydrogens (tertiary/aromatic N) is 1. The third-order valence-corrected chi connectivity index (χ3v) is 4.30. The monoisotopic (exact) mass is 238 g/mol. The minimum atomic E-state index is -1.02. The fourth-order valence-electron chi connectivity index (χ4n) is 2.02. The predicted molar refractivity (Wildman–Crippen MR) is 66.5 cm³/mol. The molecule has 0 radical (unpaired) electrons. The molecule has 1 aliphatic rings. The molecule has 1 aliphatic heterocycles. The van der Waals surface area contributed by atoms with Crippen LogP contribution in [0.5, 0.6) is 0 Å². The summed E-state index contributed by atoms with van der Waals surface area (Å²) in [6.45, 7) is 3.04. The number of hydrogen-bond acceptors (Lipinski definition) is 2. The average molecular weight is 238 g/mol. The molecule has 0 spiro atoms. The number of nitrogens with one attached hydrogen (secondary N) is 1. The lowest BCUT2D eigenvalue weighted by molar-refractivity contribution is 0.422. The van der Waals surface area contributed by atoms with Crippen LogP contribution in [-0.2, 0) is 11.0 Å². The van der Waals surface area contributed by atoms with Gasteiger partial charge in [-0.25, -0.2) is 8.51 Å². The van der Waals surface area contributed by atoms with Crippen LogP contribution in [0.2, 0.25) is 0 Å². The first-order valence-corrected chi connectivity index (χ1v) is 6.77.